The van der Waals surface area contributed by atoms with Gasteiger partial charge in [-0.15, -0.1) is 0 Å². The fraction of sp³-hybridized carbons (Fsp3) is 0.462. The minimum Gasteiger partial charge on any atom is -0.0587 e. The zero-order valence-electron chi connectivity index (χ0n) is 8.72. The van der Waals surface area contributed by atoms with E-state index in [0.717, 1.165) is 5.92 Å². The quantitative estimate of drug-likeness (QED) is 0.637. The summed E-state index contributed by atoms with van der Waals surface area (Å²) in [7, 11) is 0. The fourth-order valence-electron chi connectivity index (χ4n) is 1.79. The molecule has 0 unspecified atom stereocenters. The second-order valence-corrected chi connectivity index (χ2v) is 4.35. The molecule has 1 aliphatic carbocycles. The monoisotopic (exact) mass is 173 g/mol. The van der Waals surface area contributed by atoms with Crippen LogP contribution >= 0.6 is 0 Å². The highest BCUT2D eigenvalue weighted by Gasteiger charge is 2.25. The van der Waals surface area contributed by atoms with Gasteiger partial charge in [0.25, 0.3) is 0 Å². The van der Waals surface area contributed by atoms with E-state index in [1.807, 2.05) is 0 Å². The third-order valence-corrected chi connectivity index (χ3v) is 2.87. The number of benzene rings is 1. The van der Waals surface area contributed by atoms with Gasteiger partial charge in [-0.2, -0.15) is 0 Å². The zero-order chi connectivity index (χ0) is 9.42. The van der Waals surface area contributed by atoms with Crippen LogP contribution in [-0.4, -0.2) is 0 Å². The van der Waals surface area contributed by atoms with E-state index in [2.05, 4.69) is 39.0 Å². The summed E-state index contributed by atoms with van der Waals surface area (Å²) in [6.07, 6.45) is 2.79. The van der Waals surface area contributed by atoms with Crippen molar-refractivity contribution in [3.05, 3.63) is 40.8 Å². The van der Waals surface area contributed by atoms with Gasteiger partial charge in [-0.1, -0.05) is 32.0 Å². The highest BCUT2D eigenvalue weighted by molar-refractivity contribution is 5.40. The lowest BCUT2D eigenvalue weighted by molar-refractivity contribution is 1.07. The molecule has 0 bridgehead atoms. The predicted molar refractivity (Wildman–Crippen MR) is 56.8 cm³/mol. The van der Waals surface area contributed by atoms with Gasteiger partial charge in [0.05, 0.1) is 0 Å². The van der Waals surface area contributed by atoms with E-state index in [0.29, 0.717) is 0 Å². The lowest BCUT2D eigenvalue weighted by atomic mass is 9.96. The molecular formula is C13H17. The molecular weight excluding hydrogens is 156 g/mol. The first-order valence-corrected chi connectivity index (χ1v) is 5.09. The first-order chi connectivity index (χ1) is 6.18. The van der Waals surface area contributed by atoms with Gasteiger partial charge in [0, 0.05) is 0 Å². The van der Waals surface area contributed by atoms with Crippen LogP contribution in [0.2, 0.25) is 0 Å². The van der Waals surface area contributed by atoms with Gasteiger partial charge in [0.2, 0.25) is 0 Å². The van der Waals surface area contributed by atoms with Gasteiger partial charge in [-0.3, -0.25) is 0 Å². The van der Waals surface area contributed by atoms with E-state index in [1.165, 1.54) is 29.9 Å². The molecule has 0 N–H and O–H groups in total. The SMILES string of the molecule is C[C](C)c1ccc(C)c(C2CC2)c1. The summed E-state index contributed by atoms with van der Waals surface area (Å²) in [6, 6.07) is 6.87. The van der Waals surface area contributed by atoms with Crippen molar-refractivity contribution in [3.8, 4) is 0 Å². The Morgan fingerprint density at radius 3 is 2.46 bits per heavy atom. The van der Waals surface area contributed by atoms with Gasteiger partial charge < -0.3 is 0 Å². The molecule has 1 fully saturated rings. The summed E-state index contributed by atoms with van der Waals surface area (Å²) >= 11 is 0. The van der Waals surface area contributed by atoms with Crippen LogP contribution in [0.3, 0.4) is 0 Å². The molecule has 1 radical (unpaired) electrons. The molecule has 2 rings (SSSR count). The Morgan fingerprint density at radius 2 is 1.92 bits per heavy atom. The van der Waals surface area contributed by atoms with Crippen molar-refractivity contribution >= 4 is 0 Å². The fourth-order valence-corrected chi connectivity index (χ4v) is 1.79. The molecule has 69 valence electrons. The zero-order valence-corrected chi connectivity index (χ0v) is 8.72. The van der Waals surface area contributed by atoms with Gasteiger partial charge in [-0.25, -0.2) is 0 Å². The Kier molecular flexibility index (Phi) is 2.15. The van der Waals surface area contributed by atoms with Crippen molar-refractivity contribution in [2.45, 2.75) is 39.5 Å². The maximum absolute atomic E-state index is 2.38. The second kappa shape index (κ2) is 3.17. The predicted octanol–water partition coefficient (Wildman–Crippen LogP) is 3.83. The summed E-state index contributed by atoms with van der Waals surface area (Å²) in [5.74, 6) is 2.29. The van der Waals surface area contributed by atoms with Crippen molar-refractivity contribution in [3.63, 3.8) is 0 Å². The van der Waals surface area contributed by atoms with Crippen LogP contribution in [0.4, 0.5) is 0 Å². The molecule has 0 nitrogen and oxygen atoms in total. The molecule has 0 heterocycles. The van der Waals surface area contributed by atoms with Gasteiger partial charge in [0.1, 0.15) is 0 Å². The molecule has 1 aromatic carbocycles. The largest absolute Gasteiger partial charge is 0.0587 e. The average molecular weight is 173 g/mol. The Morgan fingerprint density at radius 1 is 1.23 bits per heavy atom. The molecule has 0 heteroatoms. The summed E-state index contributed by atoms with van der Waals surface area (Å²) in [4.78, 5) is 0. The maximum atomic E-state index is 2.38. The van der Waals surface area contributed by atoms with Gasteiger partial charge in [-0.05, 0) is 48.3 Å². The lowest BCUT2D eigenvalue weighted by Gasteiger charge is -2.09. The van der Waals surface area contributed by atoms with Gasteiger partial charge >= 0.3 is 0 Å². The normalized spacial score (nSPS) is 16.6. The van der Waals surface area contributed by atoms with Crippen LogP contribution in [0.25, 0.3) is 0 Å². The van der Waals surface area contributed by atoms with Crippen LogP contribution in [0.1, 0.15) is 49.3 Å². The summed E-state index contributed by atoms with van der Waals surface area (Å²) in [5.41, 5.74) is 4.46. The Bertz CT molecular complexity index is 306. The van der Waals surface area contributed by atoms with Crippen LogP contribution in [-0.2, 0) is 0 Å². The number of hydrogen-bond donors (Lipinski definition) is 0. The average Bonchev–Trinajstić information content (AvgIpc) is 2.87. The first-order valence-electron chi connectivity index (χ1n) is 5.09. The molecule has 0 spiro atoms. The summed E-state index contributed by atoms with van der Waals surface area (Å²) in [6.45, 7) is 6.59. The second-order valence-electron chi connectivity index (χ2n) is 4.35. The Hall–Kier alpha value is -0.780. The number of hydrogen-bond acceptors (Lipinski definition) is 0. The summed E-state index contributed by atoms with van der Waals surface area (Å²) < 4.78 is 0. The van der Waals surface area contributed by atoms with E-state index < -0.39 is 0 Å². The molecule has 13 heavy (non-hydrogen) atoms. The van der Waals surface area contributed by atoms with Crippen LogP contribution in [0, 0.1) is 12.8 Å². The van der Waals surface area contributed by atoms with Crippen molar-refractivity contribution in [1.29, 1.82) is 0 Å². The molecule has 0 amide bonds. The highest BCUT2D eigenvalue weighted by atomic mass is 14.3. The van der Waals surface area contributed by atoms with E-state index >= 15 is 0 Å². The molecule has 0 aromatic heterocycles. The number of rotatable bonds is 2. The highest BCUT2D eigenvalue weighted by Crippen LogP contribution is 2.42. The van der Waals surface area contributed by atoms with E-state index in [1.54, 1.807) is 5.56 Å². The standard InChI is InChI=1S/C13H17/c1-9(2)12-5-4-10(3)13(8-12)11-6-7-11/h4-5,8,11H,6-7H2,1-3H3. The van der Waals surface area contributed by atoms with Crippen molar-refractivity contribution in [2.24, 2.45) is 0 Å². The van der Waals surface area contributed by atoms with E-state index in [9.17, 15) is 0 Å². The molecule has 0 aliphatic heterocycles. The molecule has 0 atom stereocenters. The number of aryl methyl sites for hydroxylation is 1. The molecule has 1 aromatic rings. The molecule has 0 saturated heterocycles. The minimum absolute atomic E-state index is 0.874. The van der Waals surface area contributed by atoms with Crippen LogP contribution < -0.4 is 0 Å². The van der Waals surface area contributed by atoms with E-state index in [4.69, 9.17) is 0 Å². The van der Waals surface area contributed by atoms with Crippen molar-refractivity contribution < 1.29 is 0 Å². The third-order valence-electron chi connectivity index (χ3n) is 2.87. The third kappa shape index (κ3) is 1.77. The van der Waals surface area contributed by atoms with Gasteiger partial charge in [0.15, 0.2) is 0 Å². The Balaban J connectivity index is 2.36. The summed E-state index contributed by atoms with van der Waals surface area (Å²) in [5, 5.41) is 0. The van der Waals surface area contributed by atoms with Crippen LogP contribution in [0.5, 0.6) is 0 Å². The smallest absolute Gasteiger partial charge is 0.00119 e. The van der Waals surface area contributed by atoms with Crippen molar-refractivity contribution in [2.75, 3.05) is 0 Å². The minimum atomic E-state index is 0.874. The topological polar surface area (TPSA) is 0 Å². The Labute approximate surface area is 81.0 Å². The van der Waals surface area contributed by atoms with Crippen molar-refractivity contribution in [1.82, 2.24) is 0 Å². The van der Waals surface area contributed by atoms with E-state index in [-0.39, 0.29) is 0 Å². The molecule has 1 aliphatic rings. The first kappa shape index (κ1) is 8.80. The van der Waals surface area contributed by atoms with Crippen LogP contribution in [0.15, 0.2) is 18.2 Å². The lowest BCUT2D eigenvalue weighted by Crippen LogP contribution is -1.92. The maximum Gasteiger partial charge on any atom is -0.00119 e. The molecule has 1 saturated carbocycles.